The van der Waals surface area contributed by atoms with Crippen LogP contribution in [-0.4, -0.2) is 30.3 Å². The van der Waals surface area contributed by atoms with E-state index >= 15 is 0 Å². The summed E-state index contributed by atoms with van der Waals surface area (Å²) in [6, 6.07) is 15.8. The van der Waals surface area contributed by atoms with Crippen LogP contribution < -0.4 is 0 Å². The number of benzene rings is 2. The van der Waals surface area contributed by atoms with Gasteiger partial charge in [0, 0.05) is 10.5 Å². The van der Waals surface area contributed by atoms with Crippen LogP contribution in [0, 0.1) is 15.5 Å². The van der Waals surface area contributed by atoms with Crippen LogP contribution in [0.1, 0.15) is 33.8 Å². The van der Waals surface area contributed by atoms with Crippen molar-refractivity contribution in [3.05, 3.63) is 81.4 Å². The van der Waals surface area contributed by atoms with Crippen molar-refractivity contribution in [3.8, 4) is 0 Å². The molecule has 2 atom stereocenters. The summed E-state index contributed by atoms with van der Waals surface area (Å²) in [5, 5.41) is 11.4. The molecule has 0 N–H and O–H groups in total. The minimum Gasteiger partial charge on any atom is -0.468 e. The maximum atomic E-state index is 13.4. The van der Waals surface area contributed by atoms with Crippen molar-refractivity contribution in [1.82, 2.24) is 0 Å². The number of esters is 1. The summed E-state index contributed by atoms with van der Waals surface area (Å²) in [6.07, 6.45) is 0.668. The van der Waals surface area contributed by atoms with E-state index in [2.05, 4.69) is 0 Å². The summed E-state index contributed by atoms with van der Waals surface area (Å²) >= 11 is 0. The number of aryl methyl sites for hydroxylation is 1. The molecule has 3 rings (SSSR count). The SMILES string of the molecule is COC(=O)C1(C(C[N+](=O)[O-])c2ccccc2)CCc2ccccc2C1=O. The number of hydrogen-bond donors (Lipinski definition) is 0. The van der Waals surface area contributed by atoms with Gasteiger partial charge in [-0.3, -0.25) is 19.7 Å². The zero-order chi connectivity index (χ0) is 18.7. The van der Waals surface area contributed by atoms with Gasteiger partial charge in [0.15, 0.2) is 5.78 Å². The van der Waals surface area contributed by atoms with Crippen molar-refractivity contribution in [1.29, 1.82) is 0 Å². The second-order valence-electron chi connectivity index (χ2n) is 6.43. The van der Waals surface area contributed by atoms with Crippen molar-refractivity contribution in [2.24, 2.45) is 5.41 Å². The number of rotatable bonds is 5. The number of carbonyl (C=O) groups excluding carboxylic acids is 2. The fourth-order valence-electron chi connectivity index (χ4n) is 3.88. The standard InChI is InChI=1S/C20H19NO5/c1-26-19(23)20(12-11-14-7-5-6-10-16(14)18(20)22)17(13-21(24)25)15-8-3-2-4-9-15/h2-10,17H,11-13H2,1H3. The molecule has 6 heteroatoms. The molecule has 0 amide bonds. The number of methoxy groups -OCH3 is 1. The summed E-state index contributed by atoms with van der Waals surface area (Å²) in [5.41, 5.74) is 0.276. The van der Waals surface area contributed by atoms with Gasteiger partial charge < -0.3 is 4.74 Å². The molecular formula is C20H19NO5. The molecule has 2 aromatic rings. The lowest BCUT2D eigenvalue weighted by molar-refractivity contribution is -0.485. The number of ketones is 1. The van der Waals surface area contributed by atoms with Gasteiger partial charge in [-0.05, 0) is 24.0 Å². The van der Waals surface area contributed by atoms with Gasteiger partial charge in [-0.2, -0.15) is 0 Å². The molecule has 2 unspecified atom stereocenters. The van der Waals surface area contributed by atoms with Gasteiger partial charge in [-0.1, -0.05) is 54.6 Å². The largest absolute Gasteiger partial charge is 0.468 e. The van der Waals surface area contributed by atoms with Crippen LogP contribution in [0.25, 0.3) is 0 Å². The molecule has 26 heavy (non-hydrogen) atoms. The Kier molecular flexibility index (Phi) is 4.84. The van der Waals surface area contributed by atoms with Crippen LogP contribution in [-0.2, 0) is 16.0 Å². The number of nitro groups is 1. The topological polar surface area (TPSA) is 86.5 Å². The van der Waals surface area contributed by atoms with E-state index in [9.17, 15) is 19.7 Å². The molecule has 0 aromatic heterocycles. The molecule has 0 spiro atoms. The van der Waals surface area contributed by atoms with E-state index in [1.807, 2.05) is 12.1 Å². The third kappa shape index (κ3) is 2.87. The highest BCUT2D eigenvalue weighted by Crippen LogP contribution is 2.47. The molecule has 134 valence electrons. The highest BCUT2D eigenvalue weighted by molar-refractivity contribution is 6.14. The summed E-state index contributed by atoms with van der Waals surface area (Å²) < 4.78 is 4.98. The fraction of sp³-hybridized carbons (Fsp3) is 0.300. The average molecular weight is 353 g/mol. The van der Waals surface area contributed by atoms with E-state index in [4.69, 9.17) is 4.74 Å². The molecule has 0 radical (unpaired) electrons. The minimum absolute atomic E-state index is 0.183. The molecule has 0 saturated carbocycles. The number of carbonyl (C=O) groups is 2. The van der Waals surface area contributed by atoms with Crippen molar-refractivity contribution >= 4 is 11.8 Å². The second kappa shape index (κ2) is 7.07. The Morgan fingerprint density at radius 3 is 2.50 bits per heavy atom. The molecule has 0 heterocycles. The van der Waals surface area contributed by atoms with E-state index in [1.165, 1.54) is 7.11 Å². The zero-order valence-corrected chi connectivity index (χ0v) is 14.4. The van der Waals surface area contributed by atoms with Crippen molar-refractivity contribution < 1.29 is 19.2 Å². The summed E-state index contributed by atoms with van der Waals surface area (Å²) in [6.45, 7) is -0.521. The normalized spacial score (nSPS) is 20.1. The highest BCUT2D eigenvalue weighted by Gasteiger charge is 2.57. The van der Waals surface area contributed by atoms with E-state index in [0.29, 0.717) is 17.5 Å². The van der Waals surface area contributed by atoms with Crippen molar-refractivity contribution in [2.75, 3.05) is 13.7 Å². The first-order valence-electron chi connectivity index (χ1n) is 8.38. The summed E-state index contributed by atoms with van der Waals surface area (Å²) in [5.74, 6) is -2.01. The van der Waals surface area contributed by atoms with Crippen molar-refractivity contribution in [2.45, 2.75) is 18.8 Å². The smallest absolute Gasteiger partial charge is 0.320 e. The van der Waals surface area contributed by atoms with Gasteiger partial charge in [0.2, 0.25) is 6.54 Å². The maximum absolute atomic E-state index is 13.4. The molecule has 1 aliphatic carbocycles. The molecule has 2 aromatic carbocycles. The van der Waals surface area contributed by atoms with Gasteiger partial charge in [-0.15, -0.1) is 0 Å². The van der Waals surface area contributed by atoms with Crippen LogP contribution in [0.3, 0.4) is 0 Å². The predicted octanol–water partition coefficient (Wildman–Crippen LogP) is 3.04. The Morgan fingerprint density at radius 2 is 1.85 bits per heavy atom. The van der Waals surface area contributed by atoms with Crippen LogP contribution in [0.2, 0.25) is 0 Å². The molecule has 0 saturated heterocycles. The molecule has 1 aliphatic rings. The average Bonchev–Trinajstić information content (AvgIpc) is 2.67. The number of fused-ring (bicyclic) bond motifs is 1. The highest BCUT2D eigenvalue weighted by atomic mass is 16.6. The van der Waals surface area contributed by atoms with E-state index in [1.54, 1.807) is 42.5 Å². The third-order valence-corrected chi connectivity index (χ3v) is 5.13. The van der Waals surface area contributed by atoms with E-state index in [0.717, 1.165) is 5.56 Å². The number of ether oxygens (including phenoxy) is 1. The second-order valence-corrected chi connectivity index (χ2v) is 6.43. The quantitative estimate of drug-likeness (QED) is 0.357. The summed E-state index contributed by atoms with van der Waals surface area (Å²) in [7, 11) is 1.21. The molecule has 0 aliphatic heterocycles. The Hall–Kier alpha value is -3.02. The Bertz CT molecular complexity index is 848. The lowest BCUT2D eigenvalue weighted by atomic mass is 9.61. The third-order valence-electron chi connectivity index (χ3n) is 5.13. The lowest BCUT2D eigenvalue weighted by Gasteiger charge is -2.38. The van der Waals surface area contributed by atoms with Gasteiger partial charge in [0.25, 0.3) is 0 Å². The molecular weight excluding hydrogens is 334 g/mol. The van der Waals surface area contributed by atoms with Gasteiger partial charge in [-0.25, -0.2) is 0 Å². The molecule has 0 bridgehead atoms. The number of hydrogen-bond acceptors (Lipinski definition) is 5. The van der Waals surface area contributed by atoms with Gasteiger partial charge >= 0.3 is 5.97 Å². The predicted molar refractivity (Wildman–Crippen MR) is 94.6 cm³/mol. The van der Waals surface area contributed by atoms with Crippen LogP contribution >= 0.6 is 0 Å². The van der Waals surface area contributed by atoms with Crippen molar-refractivity contribution in [3.63, 3.8) is 0 Å². The van der Waals surface area contributed by atoms with Crippen LogP contribution in [0.5, 0.6) is 0 Å². The van der Waals surface area contributed by atoms with Gasteiger partial charge in [0.05, 0.1) is 13.0 Å². The summed E-state index contributed by atoms with van der Waals surface area (Å²) in [4.78, 5) is 37.1. The Morgan fingerprint density at radius 1 is 1.19 bits per heavy atom. The molecule has 0 fully saturated rings. The molecule has 6 nitrogen and oxygen atoms in total. The fourth-order valence-corrected chi connectivity index (χ4v) is 3.88. The monoisotopic (exact) mass is 353 g/mol. The first kappa shape index (κ1) is 17.8. The van der Waals surface area contributed by atoms with E-state index in [-0.39, 0.29) is 6.42 Å². The first-order chi connectivity index (χ1) is 12.5. The number of nitrogens with zero attached hydrogens (tertiary/aromatic N) is 1. The maximum Gasteiger partial charge on any atom is 0.320 e. The first-order valence-corrected chi connectivity index (χ1v) is 8.38. The van der Waals surface area contributed by atoms with Crippen LogP contribution in [0.4, 0.5) is 0 Å². The van der Waals surface area contributed by atoms with Crippen LogP contribution in [0.15, 0.2) is 54.6 Å². The zero-order valence-electron chi connectivity index (χ0n) is 14.4. The lowest BCUT2D eigenvalue weighted by Crippen LogP contribution is -2.50. The minimum atomic E-state index is -1.60. The van der Waals surface area contributed by atoms with Gasteiger partial charge in [0.1, 0.15) is 5.41 Å². The Labute approximate surface area is 150 Å². The number of Topliss-reactive ketones (excluding diaryl/α,β-unsaturated/α-hetero) is 1. The Balaban J connectivity index is 2.20. The van der Waals surface area contributed by atoms with E-state index < -0.39 is 34.6 Å².